The van der Waals surface area contributed by atoms with Gasteiger partial charge in [-0.15, -0.1) is 0 Å². The molecule has 1 aromatic heterocycles. The standard InChI is InChI=1S/C34H30N4O6/c1-43-26-9-5-8-25(18-26)36-34-37-29-15-10-21(16-30(29)44-34)17-31(39)35-24-13-11-22(12-14-24)27-19-38(20-28(27)33(41)42)32(40)23-6-3-2-4-7-23/h2-16,18,27-28H,17,19-20H2,1H3,(H,35,39)(H,36,37)(H,41,42). The van der Waals surface area contributed by atoms with Gasteiger partial charge in [-0.1, -0.05) is 42.5 Å². The van der Waals surface area contributed by atoms with Crippen molar-refractivity contribution in [3.05, 3.63) is 114 Å². The molecule has 2 unspecified atom stereocenters. The number of nitrogens with zero attached hydrogens (tertiary/aromatic N) is 2. The fraction of sp³-hybridized carbons (Fsp3) is 0.176. The van der Waals surface area contributed by atoms with E-state index in [4.69, 9.17) is 9.15 Å². The lowest BCUT2D eigenvalue weighted by molar-refractivity contribution is -0.141. The van der Waals surface area contributed by atoms with Crippen molar-refractivity contribution in [3.63, 3.8) is 0 Å². The van der Waals surface area contributed by atoms with E-state index in [9.17, 15) is 19.5 Å². The topological polar surface area (TPSA) is 134 Å². The van der Waals surface area contributed by atoms with Crippen molar-refractivity contribution in [1.82, 2.24) is 9.88 Å². The number of carboxylic acids is 1. The van der Waals surface area contributed by atoms with Crippen LogP contribution in [0.5, 0.6) is 5.75 Å². The molecule has 10 nitrogen and oxygen atoms in total. The van der Waals surface area contributed by atoms with Crippen LogP contribution in [0.25, 0.3) is 11.1 Å². The highest BCUT2D eigenvalue weighted by molar-refractivity contribution is 5.95. The second kappa shape index (κ2) is 12.3. The van der Waals surface area contributed by atoms with Gasteiger partial charge in [0.1, 0.15) is 11.3 Å². The van der Waals surface area contributed by atoms with Crippen LogP contribution in [0.1, 0.15) is 27.4 Å². The molecule has 2 heterocycles. The summed E-state index contributed by atoms with van der Waals surface area (Å²) in [5.41, 5.74) is 4.66. The number of benzene rings is 4. The van der Waals surface area contributed by atoms with Crippen molar-refractivity contribution in [2.75, 3.05) is 30.8 Å². The molecule has 0 saturated carbocycles. The highest BCUT2D eigenvalue weighted by Gasteiger charge is 2.40. The minimum Gasteiger partial charge on any atom is -0.497 e. The van der Waals surface area contributed by atoms with Gasteiger partial charge < -0.3 is 29.8 Å². The lowest BCUT2D eigenvalue weighted by Crippen LogP contribution is -2.29. The van der Waals surface area contributed by atoms with Gasteiger partial charge in [0, 0.05) is 42.0 Å². The van der Waals surface area contributed by atoms with Crippen molar-refractivity contribution in [1.29, 1.82) is 0 Å². The molecule has 3 N–H and O–H groups in total. The maximum Gasteiger partial charge on any atom is 0.308 e. The van der Waals surface area contributed by atoms with E-state index < -0.39 is 11.9 Å². The van der Waals surface area contributed by atoms with Crippen molar-refractivity contribution < 1.29 is 28.6 Å². The number of carbonyl (C=O) groups is 3. The maximum atomic E-state index is 13.0. The van der Waals surface area contributed by atoms with E-state index in [1.54, 1.807) is 60.5 Å². The number of likely N-dealkylation sites (tertiary alicyclic amines) is 1. The first-order valence-corrected chi connectivity index (χ1v) is 14.1. The van der Waals surface area contributed by atoms with Gasteiger partial charge in [0.15, 0.2) is 5.58 Å². The van der Waals surface area contributed by atoms with Gasteiger partial charge in [-0.05, 0) is 59.7 Å². The summed E-state index contributed by atoms with van der Waals surface area (Å²) in [6.07, 6.45) is 0.122. The Hall–Kier alpha value is -5.64. The van der Waals surface area contributed by atoms with Gasteiger partial charge in [0.25, 0.3) is 11.9 Å². The van der Waals surface area contributed by atoms with Crippen LogP contribution in [-0.4, -0.2) is 53.0 Å². The van der Waals surface area contributed by atoms with Gasteiger partial charge in [-0.25, -0.2) is 0 Å². The van der Waals surface area contributed by atoms with E-state index in [0.717, 1.165) is 16.8 Å². The number of hydrogen-bond donors (Lipinski definition) is 3. The van der Waals surface area contributed by atoms with E-state index in [2.05, 4.69) is 15.6 Å². The Kier molecular flexibility index (Phi) is 7.96. The van der Waals surface area contributed by atoms with Crippen molar-refractivity contribution in [2.45, 2.75) is 12.3 Å². The SMILES string of the molecule is COc1cccc(Nc2nc3ccc(CC(=O)Nc4ccc(C5CN(C(=O)c6ccccc6)CC5C(=O)O)cc4)cc3o2)c1. The van der Waals surface area contributed by atoms with Gasteiger partial charge in [0.05, 0.1) is 19.4 Å². The van der Waals surface area contributed by atoms with Crippen LogP contribution in [0, 0.1) is 5.92 Å². The summed E-state index contributed by atoms with van der Waals surface area (Å²) >= 11 is 0. The predicted molar refractivity (Wildman–Crippen MR) is 165 cm³/mol. The van der Waals surface area contributed by atoms with Crippen LogP contribution < -0.4 is 15.4 Å². The smallest absolute Gasteiger partial charge is 0.308 e. The zero-order valence-electron chi connectivity index (χ0n) is 23.9. The number of fused-ring (bicyclic) bond motifs is 1. The highest BCUT2D eigenvalue weighted by Crippen LogP contribution is 2.34. The number of anilines is 3. The lowest BCUT2D eigenvalue weighted by atomic mass is 9.89. The van der Waals surface area contributed by atoms with Gasteiger partial charge in [-0.2, -0.15) is 4.98 Å². The second-order valence-corrected chi connectivity index (χ2v) is 10.7. The Labute approximate surface area is 253 Å². The van der Waals surface area contributed by atoms with E-state index in [1.807, 2.05) is 48.5 Å². The third-order valence-electron chi connectivity index (χ3n) is 7.71. The van der Waals surface area contributed by atoms with Crippen LogP contribution in [0.3, 0.4) is 0 Å². The Bertz CT molecular complexity index is 1820. The molecular weight excluding hydrogens is 560 g/mol. The summed E-state index contributed by atoms with van der Waals surface area (Å²) in [5, 5.41) is 15.9. The van der Waals surface area contributed by atoms with Crippen LogP contribution in [0.2, 0.25) is 0 Å². The van der Waals surface area contributed by atoms with E-state index in [-0.39, 0.29) is 30.7 Å². The number of ether oxygens (including phenoxy) is 1. The van der Waals surface area contributed by atoms with Crippen LogP contribution >= 0.6 is 0 Å². The molecule has 0 spiro atoms. The number of rotatable bonds is 9. The Morgan fingerprint density at radius 2 is 1.73 bits per heavy atom. The minimum absolute atomic E-state index is 0.122. The van der Waals surface area contributed by atoms with E-state index in [0.29, 0.717) is 40.7 Å². The number of methoxy groups -OCH3 is 1. The molecular formula is C34H30N4O6. The third-order valence-corrected chi connectivity index (χ3v) is 7.71. The van der Waals surface area contributed by atoms with Gasteiger partial charge in [-0.3, -0.25) is 14.4 Å². The number of oxazole rings is 1. The van der Waals surface area contributed by atoms with Crippen LogP contribution in [-0.2, 0) is 16.0 Å². The molecule has 44 heavy (non-hydrogen) atoms. The molecule has 222 valence electrons. The monoisotopic (exact) mass is 590 g/mol. The summed E-state index contributed by atoms with van der Waals surface area (Å²) < 4.78 is 11.1. The number of aromatic nitrogens is 1. The molecule has 5 aromatic rings. The number of aliphatic carboxylic acids is 1. The fourth-order valence-electron chi connectivity index (χ4n) is 5.48. The summed E-state index contributed by atoms with van der Waals surface area (Å²) in [6, 6.07) is 29.1. The van der Waals surface area contributed by atoms with Crippen LogP contribution in [0.4, 0.5) is 17.4 Å². The summed E-state index contributed by atoms with van der Waals surface area (Å²) in [6.45, 7) is 0.442. The fourth-order valence-corrected chi connectivity index (χ4v) is 5.48. The Morgan fingerprint density at radius 1 is 0.932 bits per heavy atom. The average Bonchev–Trinajstić information content (AvgIpc) is 3.66. The molecule has 1 aliphatic heterocycles. The lowest BCUT2D eigenvalue weighted by Gasteiger charge is -2.17. The number of nitrogens with one attached hydrogen (secondary N) is 2. The molecule has 0 radical (unpaired) electrons. The Morgan fingerprint density at radius 3 is 2.48 bits per heavy atom. The van der Waals surface area contributed by atoms with Gasteiger partial charge >= 0.3 is 5.97 Å². The first-order chi connectivity index (χ1) is 21.4. The molecule has 6 rings (SSSR count). The maximum absolute atomic E-state index is 13.0. The van der Waals surface area contributed by atoms with Crippen LogP contribution in [0.15, 0.2) is 101 Å². The molecule has 4 aromatic carbocycles. The number of carbonyl (C=O) groups excluding carboxylic acids is 2. The largest absolute Gasteiger partial charge is 0.497 e. The third kappa shape index (κ3) is 6.24. The zero-order valence-corrected chi connectivity index (χ0v) is 23.9. The summed E-state index contributed by atoms with van der Waals surface area (Å²) in [7, 11) is 1.60. The van der Waals surface area contributed by atoms with Gasteiger partial charge in [0.2, 0.25) is 5.91 Å². The highest BCUT2D eigenvalue weighted by atomic mass is 16.5. The first kappa shape index (κ1) is 28.5. The van der Waals surface area contributed by atoms with E-state index >= 15 is 0 Å². The first-order valence-electron chi connectivity index (χ1n) is 14.1. The number of hydrogen-bond acceptors (Lipinski definition) is 7. The number of carboxylic acid groups (broad SMARTS) is 1. The summed E-state index contributed by atoms with van der Waals surface area (Å²) in [4.78, 5) is 43.9. The molecule has 10 heteroatoms. The quantitative estimate of drug-likeness (QED) is 0.199. The van der Waals surface area contributed by atoms with E-state index in [1.165, 1.54) is 0 Å². The average molecular weight is 591 g/mol. The zero-order chi connectivity index (χ0) is 30.6. The molecule has 2 atom stereocenters. The molecule has 1 aliphatic rings. The molecule has 1 fully saturated rings. The molecule has 1 saturated heterocycles. The molecule has 2 amide bonds. The molecule has 0 aliphatic carbocycles. The Balaban J connectivity index is 1.08. The van der Waals surface area contributed by atoms with Crippen molar-refractivity contribution in [3.8, 4) is 5.75 Å². The minimum atomic E-state index is -0.942. The normalized spacial score (nSPS) is 16.1. The molecule has 0 bridgehead atoms. The predicted octanol–water partition coefficient (Wildman–Crippen LogP) is 5.70. The van der Waals surface area contributed by atoms with Crippen molar-refractivity contribution in [2.24, 2.45) is 5.92 Å². The second-order valence-electron chi connectivity index (χ2n) is 10.7. The summed E-state index contributed by atoms with van der Waals surface area (Å²) in [5.74, 6) is -1.71. The number of amides is 2. The van der Waals surface area contributed by atoms with Crippen molar-refractivity contribution >= 4 is 46.3 Å².